The van der Waals surface area contributed by atoms with Crippen molar-refractivity contribution in [2.24, 2.45) is 11.8 Å². The minimum atomic E-state index is -0.684. The van der Waals surface area contributed by atoms with Gasteiger partial charge in [0.2, 0.25) is 11.8 Å². The SMILES string of the molecule is COC(=O)N[C@H](C(=O)N1CCC[C@H]1c1nc2ccc3cc(-c4ccc5cc(-c6cnc(C7[C@H]8CC[C@H](C8)N7C(=O)Cc7ccccc7)[nH]6)ccc5c4)ccc3c2[nH]1)C(C)C. The third kappa shape index (κ3) is 6.75. The number of methoxy groups -OCH3 is 1. The van der Waals surface area contributed by atoms with Gasteiger partial charge in [0.15, 0.2) is 0 Å². The lowest BCUT2D eigenvalue weighted by atomic mass is 9.97. The van der Waals surface area contributed by atoms with E-state index in [1.165, 1.54) is 7.11 Å². The molecule has 2 saturated heterocycles. The van der Waals surface area contributed by atoms with Gasteiger partial charge in [0.1, 0.15) is 17.7 Å². The molecular weight excluding hydrogens is 751 g/mol. The zero-order valence-corrected chi connectivity index (χ0v) is 34.2. The van der Waals surface area contributed by atoms with E-state index in [1.807, 2.05) is 61.3 Å². The summed E-state index contributed by atoms with van der Waals surface area (Å²) in [6, 6.07) is 33.2. The maximum absolute atomic E-state index is 13.7. The van der Waals surface area contributed by atoms with Crippen LogP contribution in [0, 0.1) is 11.8 Å². The summed E-state index contributed by atoms with van der Waals surface area (Å²) in [5, 5.41) is 7.18. The highest BCUT2D eigenvalue weighted by molar-refractivity contribution is 6.05. The molecular formula is C49H49N7O4. The molecule has 5 aromatic carbocycles. The maximum Gasteiger partial charge on any atom is 0.407 e. The molecule has 3 aliphatic rings. The number of ether oxygens (including phenoxy) is 1. The molecule has 3 fully saturated rings. The van der Waals surface area contributed by atoms with Gasteiger partial charge in [-0.2, -0.15) is 0 Å². The normalized spacial score (nSPS) is 20.5. The van der Waals surface area contributed by atoms with Crippen LogP contribution in [0.3, 0.4) is 0 Å². The summed E-state index contributed by atoms with van der Waals surface area (Å²) >= 11 is 0. The maximum atomic E-state index is 13.7. The first-order valence-electron chi connectivity index (χ1n) is 21.2. The molecule has 2 aromatic heterocycles. The number of carbonyl (C=O) groups excluding carboxylic acids is 3. The Morgan fingerprint density at radius 1 is 0.833 bits per heavy atom. The van der Waals surface area contributed by atoms with E-state index < -0.39 is 12.1 Å². The van der Waals surface area contributed by atoms with Crippen LogP contribution in [-0.4, -0.2) is 73.4 Å². The van der Waals surface area contributed by atoms with E-state index >= 15 is 0 Å². The van der Waals surface area contributed by atoms with E-state index in [9.17, 15) is 14.4 Å². The molecule has 0 spiro atoms. The number of alkyl carbamates (subject to hydrolysis) is 1. The Morgan fingerprint density at radius 2 is 1.57 bits per heavy atom. The second kappa shape index (κ2) is 15.3. The van der Waals surface area contributed by atoms with Gasteiger partial charge >= 0.3 is 6.09 Å². The number of hydrogen-bond acceptors (Lipinski definition) is 6. The third-order valence-electron chi connectivity index (χ3n) is 13.2. The average molecular weight is 800 g/mol. The lowest BCUT2D eigenvalue weighted by Crippen LogP contribution is -2.51. The number of rotatable bonds is 9. The molecule has 4 heterocycles. The van der Waals surface area contributed by atoms with Crippen LogP contribution < -0.4 is 5.32 Å². The fraction of sp³-hybridized carbons (Fsp3) is 0.327. The van der Waals surface area contributed by atoms with Gasteiger partial charge in [0.25, 0.3) is 0 Å². The average Bonchev–Trinajstić information content (AvgIpc) is 4.13. The van der Waals surface area contributed by atoms with Crippen LogP contribution in [0.1, 0.15) is 75.2 Å². The fourth-order valence-corrected chi connectivity index (χ4v) is 10.1. The number of aromatic amines is 2. The van der Waals surface area contributed by atoms with Gasteiger partial charge in [0.05, 0.1) is 48.5 Å². The van der Waals surface area contributed by atoms with Crippen LogP contribution in [0.15, 0.2) is 103 Å². The van der Waals surface area contributed by atoms with Crippen LogP contribution in [0.4, 0.5) is 4.79 Å². The first-order chi connectivity index (χ1) is 29.2. The van der Waals surface area contributed by atoms with Crippen LogP contribution in [-0.2, 0) is 20.7 Å². The minimum absolute atomic E-state index is 0.0146. The van der Waals surface area contributed by atoms with Crippen molar-refractivity contribution in [3.63, 3.8) is 0 Å². The summed E-state index contributed by atoms with van der Waals surface area (Å²) in [5.41, 5.74) is 7.12. The van der Waals surface area contributed by atoms with E-state index in [0.717, 1.165) is 104 Å². The van der Waals surface area contributed by atoms with E-state index in [1.54, 1.807) is 0 Å². The van der Waals surface area contributed by atoms with E-state index in [0.29, 0.717) is 18.9 Å². The van der Waals surface area contributed by atoms with Crippen molar-refractivity contribution in [1.82, 2.24) is 35.1 Å². The predicted molar refractivity (Wildman–Crippen MR) is 233 cm³/mol. The van der Waals surface area contributed by atoms with Crippen LogP contribution in [0.25, 0.3) is 55.0 Å². The number of benzene rings is 5. The Balaban J connectivity index is 0.874. The van der Waals surface area contributed by atoms with E-state index in [-0.39, 0.29) is 35.9 Å². The highest BCUT2D eigenvalue weighted by Crippen LogP contribution is 2.50. The summed E-state index contributed by atoms with van der Waals surface area (Å²) in [4.78, 5) is 60.5. The first kappa shape index (κ1) is 37.8. The standard InChI is InChI=1S/C49H49N7O4/c1-28(2)43(54-49(59)60-3)48(58)55-21-7-10-41(55)46-51-39-20-17-34-24-33(16-19-38(34)44(39)53-46)30-11-12-32-25-35(14-13-31(32)23-30)40-27-50-47(52-40)45-36-15-18-37(26-36)56(45)42(57)22-29-8-5-4-6-9-29/h4-6,8-9,11-14,16-17,19-20,23-25,27-28,36-37,41,43,45H,7,10,15,18,21-22,26H2,1-3H3,(H,50,52)(H,51,53)(H,54,59)/t36-,37+,41-,43-,45?/m0/s1. The second-order valence-electron chi connectivity index (χ2n) is 17.2. The Morgan fingerprint density at radius 3 is 2.35 bits per heavy atom. The van der Waals surface area contributed by atoms with Crippen molar-refractivity contribution in [1.29, 1.82) is 0 Å². The lowest BCUT2D eigenvalue weighted by Gasteiger charge is -2.34. The van der Waals surface area contributed by atoms with Gasteiger partial charge < -0.3 is 29.8 Å². The van der Waals surface area contributed by atoms with Gasteiger partial charge in [0, 0.05) is 23.5 Å². The number of nitrogens with one attached hydrogen (secondary N) is 3. The molecule has 5 atom stereocenters. The molecule has 1 unspecified atom stereocenters. The molecule has 7 aromatic rings. The minimum Gasteiger partial charge on any atom is -0.453 e. The molecule has 2 bridgehead atoms. The number of amides is 3. The molecule has 11 nitrogen and oxygen atoms in total. The number of aromatic nitrogens is 4. The number of nitrogens with zero attached hydrogens (tertiary/aromatic N) is 4. The van der Waals surface area contributed by atoms with Gasteiger partial charge in [-0.15, -0.1) is 0 Å². The summed E-state index contributed by atoms with van der Waals surface area (Å²) in [5.74, 6) is 2.03. The number of imidazole rings is 2. The zero-order valence-electron chi connectivity index (χ0n) is 34.2. The molecule has 1 saturated carbocycles. The van der Waals surface area contributed by atoms with Crippen molar-refractivity contribution in [3.8, 4) is 22.4 Å². The highest BCUT2D eigenvalue weighted by atomic mass is 16.5. The fourth-order valence-electron chi connectivity index (χ4n) is 10.1. The van der Waals surface area contributed by atoms with Gasteiger partial charge in [-0.25, -0.2) is 14.8 Å². The van der Waals surface area contributed by atoms with Crippen molar-refractivity contribution in [3.05, 3.63) is 120 Å². The molecule has 11 heteroatoms. The number of hydrogen-bond donors (Lipinski definition) is 3. The number of piperidine rings is 1. The Labute approximate surface area is 348 Å². The number of likely N-dealkylation sites (tertiary alicyclic amines) is 2. The molecule has 304 valence electrons. The smallest absolute Gasteiger partial charge is 0.407 e. The van der Waals surface area contributed by atoms with E-state index in [2.05, 4.69) is 80.8 Å². The third-order valence-corrected chi connectivity index (χ3v) is 13.2. The Kier molecular flexibility index (Phi) is 9.61. The number of H-pyrrole nitrogens is 2. The first-order valence-corrected chi connectivity index (χ1v) is 21.2. The van der Waals surface area contributed by atoms with Crippen molar-refractivity contribution >= 4 is 50.5 Å². The van der Waals surface area contributed by atoms with Crippen LogP contribution in [0.5, 0.6) is 0 Å². The summed E-state index contributed by atoms with van der Waals surface area (Å²) < 4.78 is 4.80. The molecule has 2 aliphatic heterocycles. The highest BCUT2D eigenvalue weighted by Gasteiger charge is 2.49. The molecule has 60 heavy (non-hydrogen) atoms. The number of carbonyl (C=O) groups is 3. The van der Waals surface area contributed by atoms with E-state index in [4.69, 9.17) is 14.7 Å². The molecule has 3 N–H and O–H groups in total. The molecule has 0 radical (unpaired) electrons. The zero-order chi connectivity index (χ0) is 41.1. The second-order valence-corrected chi connectivity index (χ2v) is 17.2. The molecule has 1 aliphatic carbocycles. The number of fused-ring (bicyclic) bond motifs is 6. The Bertz CT molecular complexity index is 2770. The van der Waals surface area contributed by atoms with Crippen molar-refractivity contribution in [2.45, 2.75) is 76.5 Å². The van der Waals surface area contributed by atoms with Gasteiger partial charge in [-0.05, 0) is 101 Å². The topological polar surface area (TPSA) is 136 Å². The van der Waals surface area contributed by atoms with Gasteiger partial charge in [-0.3, -0.25) is 9.59 Å². The largest absolute Gasteiger partial charge is 0.453 e. The van der Waals surface area contributed by atoms with Gasteiger partial charge in [-0.1, -0.05) is 86.6 Å². The predicted octanol–water partition coefficient (Wildman–Crippen LogP) is 9.27. The Hall–Kier alpha value is -6.49. The van der Waals surface area contributed by atoms with Crippen molar-refractivity contribution < 1.29 is 19.1 Å². The van der Waals surface area contributed by atoms with Crippen LogP contribution in [0.2, 0.25) is 0 Å². The quantitative estimate of drug-likeness (QED) is 0.133. The summed E-state index contributed by atoms with van der Waals surface area (Å²) in [6.07, 6.45) is 6.62. The molecule has 10 rings (SSSR count). The summed E-state index contributed by atoms with van der Waals surface area (Å²) in [7, 11) is 1.30. The van der Waals surface area contributed by atoms with Crippen LogP contribution >= 0.6 is 0 Å². The monoisotopic (exact) mass is 799 g/mol. The lowest BCUT2D eigenvalue weighted by molar-refractivity contribution is -0.136. The van der Waals surface area contributed by atoms with Crippen molar-refractivity contribution in [2.75, 3.05) is 13.7 Å². The summed E-state index contributed by atoms with van der Waals surface area (Å²) in [6.45, 7) is 4.44. The molecule has 3 amide bonds.